The molecule has 19 heavy (non-hydrogen) atoms. The fraction of sp³-hybridized carbons (Fsp3) is 0.0909. The van der Waals surface area contributed by atoms with Crippen LogP contribution in [0.4, 0.5) is 5.13 Å². The minimum absolute atomic E-state index is 0.143. The Morgan fingerprint density at radius 3 is 3.00 bits per heavy atom. The Labute approximate surface area is 116 Å². The molecule has 3 rings (SSSR count). The molecule has 8 heteroatoms. The summed E-state index contributed by atoms with van der Waals surface area (Å²) in [5, 5.41) is 9.02. The second kappa shape index (κ2) is 4.98. The number of benzene rings is 1. The molecule has 0 unspecified atom stereocenters. The minimum Gasteiger partial charge on any atom is -0.375 e. The number of nitrogens with zero attached hydrogens (tertiary/aromatic N) is 4. The van der Waals surface area contributed by atoms with Crippen LogP contribution < -0.4 is 11.3 Å². The molecule has 6 nitrogen and oxygen atoms in total. The molecule has 0 saturated carbocycles. The number of anilines is 1. The summed E-state index contributed by atoms with van der Waals surface area (Å²) in [6.07, 6.45) is 1.68. The van der Waals surface area contributed by atoms with Gasteiger partial charge in [-0.1, -0.05) is 40.4 Å². The van der Waals surface area contributed by atoms with Gasteiger partial charge in [-0.2, -0.15) is 0 Å². The first kappa shape index (κ1) is 12.1. The van der Waals surface area contributed by atoms with Crippen LogP contribution in [0.3, 0.4) is 0 Å². The van der Waals surface area contributed by atoms with Crippen molar-refractivity contribution in [3.8, 4) is 0 Å². The first-order valence-corrected chi connectivity index (χ1v) is 7.21. The summed E-state index contributed by atoms with van der Waals surface area (Å²) in [5.74, 6) is 0.387. The van der Waals surface area contributed by atoms with Crippen molar-refractivity contribution in [1.82, 2.24) is 20.0 Å². The van der Waals surface area contributed by atoms with Crippen LogP contribution in [0.2, 0.25) is 0 Å². The van der Waals surface area contributed by atoms with Crippen LogP contribution in [0.1, 0.15) is 0 Å². The Kier molecular flexibility index (Phi) is 3.18. The van der Waals surface area contributed by atoms with Crippen LogP contribution in [0, 0.1) is 0 Å². The first-order valence-electron chi connectivity index (χ1n) is 5.41. The summed E-state index contributed by atoms with van der Waals surface area (Å²) in [6, 6.07) is 7.16. The SMILES string of the molecule is Nc1ncc(SCn2nnc3ccccc3c2=O)s1. The number of nitrogen functional groups attached to an aromatic ring is 1. The highest BCUT2D eigenvalue weighted by Crippen LogP contribution is 2.26. The van der Waals surface area contributed by atoms with E-state index in [4.69, 9.17) is 5.73 Å². The number of fused-ring (bicyclic) bond motifs is 1. The van der Waals surface area contributed by atoms with Crippen molar-refractivity contribution in [3.05, 3.63) is 40.8 Å². The van der Waals surface area contributed by atoms with Crippen molar-refractivity contribution in [2.75, 3.05) is 5.73 Å². The third-order valence-electron chi connectivity index (χ3n) is 2.46. The average molecular weight is 291 g/mol. The minimum atomic E-state index is -0.143. The molecule has 0 spiro atoms. The van der Waals surface area contributed by atoms with Crippen LogP contribution in [-0.2, 0) is 5.88 Å². The first-order chi connectivity index (χ1) is 9.24. The molecule has 0 atom stereocenters. The highest BCUT2D eigenvalue weighted by Gasteiger charge is 2.06. The molecular formula is C11H9N5OS2. The van der Waals surface area contributed by atoms with Gasteiger partial charge in [0.1, 0.15) is 5.52 Å². The van der Waals surface area contributed by atoms with Gasteiger partial charge in [0.05, 0.1) is 21.7 Å². The standard InChI is InChI=1S/C11H9N5OS2/c12-11-13-5-9(19-11)18-6-16-10(17)7-3-1-2-4-8(7)14-15-16/h1-5H,6H2,(H2,12,13). The Bertz CT molecular complexity index is 782. The Morgan fingerprint density at radius 2 is 2.21 bits per heavy atom. The Balaban J connectivity index is 1.89. The summed E-state index contributed by atoms with van der Waals surface area (Å²) < 4.78 is 2.28. The second-order valence-electron chi connectivity index (χ2n) is 3.70. The van der Waals surface area contributed by atoms with Gasteiger partial charge in [0, 0.05) is 0 Å². The molecule has 0 aliphatic heterocycles. The van der Waals surface area contributed by atoms with E-state index in [-0.39, 0.29) is 5.56 Å². The normalized spacial score (nSPS) is 10.9. The second-order valence-corrected chi connectivity index (χ2v) is 6.01. The maximum atomic E-state index is 12.2. The quantitative estimate of drug-likeness (QED) is 0.737. The van der Waals surface area contributed by atoms with Gasteiger partial charge in [-0.15, -0.1) is 5.10 Å². The number of hydrogen-bond donors (Lipinski definition) is 1. The van der Waals surface area contributed by atoms with Gasteiger partial charge in [0.15, 0.2) is 5.13 Å². The number of rotatable bonds is 3. The highest BCUT2D eigenvalue weighted by molar-refractivity contribution is 8.00. The summed E-state index contributed by atoms with van der Waals surface area (Å²) in [4.78, 5) is 16.1. The number of aromatic nitrogens is 4. The van der Waals surface area contributed by atoms with Gasteiger partial charge in [-0.3, -0.25) is 4.79 Å². The topological polar surface area (TPSA) is 86.7 Å². The Morgan fingerprint density at radius 1 is 1.37 bits per heavy atom. The zero-order valence-corrected chi connectivity index (χ0v) is 11.3. The van der Waals surface area contributed by atoms with Crippen LogP contribution >= 0.6 is 23.1 Å². The fourth-order valence-electron chi connectivity index (χ4n) is 1.57. The summed E-state index contributed by atoms with van der Waals surface area (Å²) >= 11 is 2.84. The van der Waals surface area contributed by atoms with Crippen molar-refractivity contribution in [1.29, 1.82) is 0 Å². The zero-order chi connectivity index (χ0) is 13.2. The van der Waals surface area contributed by atoms with E-state index in [1.807, 2.05) is 12.1 Å². The highest BCUT2D eigenvalue weighted by atomic mass is 32.2. The molecule has 0 fully saturated rings. The lowest BCUT2D eigenvalue weighted by Crippen LogP contribution is -2.23. The number of nitrogens with two attached hydrogens (primary N) is 1. The molecule has 1 aromatic carbocycles. The molecule has 0 amide bonds. The van der Waals surface area contributed by atoms with E-state index < -0.39 is 0 Å². The Hall–Kier alpha value is -1.93. The molecule has 0 saturated heterocycles. The van der Waals surface area contributed by atoms with E-state index in [2.05, 4.69) is 15.3 Å². The van der Waals surface area contributed by atoms with Gasteiger partial charge in [0.25, 0.3) is 5.56 Å². The predicted molar refractivity (Wildman–Crippen MR) is 76.2 cm³/mol. The van der Waals surface area contributed by atoms with Gasteiger partial charge < -0.3 is 5.73 Å². The van der Waals surface area contributed by atoms with E-state index in [0.717, 1.165) is 4.21 Å². The van der Waals surface area contributed by atoms with Crippen molar-refractivity contribution in [2.45, 2.75) is 10.1 Å². The van der Waals surface area contributed by atoms with Crippen molar-refractivity contribution in [2.24, 2.45) is 0 Å². The molecule has 2 aromatic heterocycles. The molecule has 3 aromatic rings. The summed E-state index contributed by atoms with van der Waals surface area (Å²) in [6.45, 7) is 0. The molecule has 0 aliphatic carbocycles. The molecule has 2 N–H and O–H groups in total. The molecule has 2 heterocycles. The zero-order valence-electron chi connectivity index (χ0n) is 9.68. The molecular weight excluding hydrogens is 282 g/mol. The smallest absolute Gasteiger partial charge is 0.278 e. The maximum Gasteiger partial charge on any atom is 0.278 e. The summed E-state index contributed by atoms with van der Waals surface area (Å²) in [7, 11) is 0. The predicted octanol–water partition coefficient (Wildman–Crippen LogP) is 1.58. The third-order valence-corrected chi connectivity index (χ3v) is 4.45. The number of thiazole rings is 1. The fourth-order valence-corrected chi connectivity index (χ4v) is 3.18. The molecule has 0 aliphatic rings. The van der Waals surface area contributed by atoms with Gasteiger partial charge >= 0.3 is 0 Å². The van der Waals surface area contributed by atoms with Gasteiger partial charge in [0.2, 0.25) is 0 Å². The van der Waals surface area contributed by atoms with Crippen LogP contribution in [0.15, 0.2) is 39.5 Å². The summed E-state index contributed by atoms with van der Waals surface area (Å²) in [5.41, 5.74) is 6.01. The van der Waals surface area contributed by atoms with Crippen molar-refractivity contribution >= 4 is 39.1 Å². The molecule has 96 valence electrons. The van der Waals surface area contributed by atoms with E-state index in [9.17, 15) is 4.79 Å². The maximum absolute atomic E-state index is 12.2. The van der Waals surface area contributed by atoms with E-state index >= 15 is 0 Å². The lowest BCUT2D eigenvalue weighted by Gasteiger charge is -2.02. The van der Waals surface area contributed by atoms with E-state index in [1.54, 1.807) is 18.3 Å². The lowest BCUT2D eigenvalue weighted by molar-refractivity contribution is 0.645. The van der Waals surface area contributed by atoms with Crippen LogP contribution in [0.25, 0.3) is 10.9 Å². The van der Waals surface area contributed by atoms with Crippen molar-refractivity contribution in [3.63, 3.8) is 0 Å². The van der Waals surface area contributed by atoms with Crippen LogP contribution in [0.5, 0.6) is 0 Å². The third kappa shape index (κ3) is 2.45. The molecule has 0 radical (unpaired) electrons. The van der Waals surface area contributed by atoms with Crippen LogP contribution in [-0.4, -0.2) is 20.0 Å². The van der Waals surface area contributed by atoms with E-state index in [1.165, 1.54) is 27.8 Å². The largest absolute Gasteiger partial charge is 0.375 e. The van der Waals surface area contributed by atoms with E-state index in [0.29, 0.717) is 21.9 Å². The number of thioether (sulfide) groups is 1. The average Bonchev–Trinajstić information content (AvgIpc) is 2.84. The number of hydrogen-bond acceptors (Lipinski definition) is 7. The lowest BCUT2D eigenvalue weighted by atomic mass is 10.2. The van der Waals surface area contributed by atoms with Gasteiger partial charge in [-0.05, 0) is 12.1 Å². The monoisotopic (exact) mass is 291 g/mol. The van der Waals surface area contributed by atoms with Crippen molar-refractivity contribution < 1.29 is 0 Å². The van der Waals surface area contributed by atoms with Gasteiger partial charge in [-0.25, -0.2) is 9.67 Å². The molecule has 0 bridgehead atoms.